The van der Waals surface area contributed by atoms with Gasteiger partial charge in [0.25, 0.3) is 0 Å². The Kier molecular flexibility index (Phi) is 7.08. The topological polar surface area (TPSA) is 29.5 Å². The fourth-order valence-corrected chi connectivity index (χ4v) is 2.98. The van der Waals surface area contributed by atoms with Crippen LogP contribution in [0.5, 0.6) is 0 Å². The molecule has 1 atom stereocenters. The van der Waals surface area contributed by atoms with E-state index in [2.05, 4.69) is 11.8 Å². The van der Waals surface area contributed by atoms with Crippen molar-refractivity contribution < 1.29 is 9.53 Å². The zero-order chi connectivity index (χ0) is 20.5. The molecule has 0 aliphatic rings. The van der Waals surface area contributed by atoms with Crippen molar-refractivity contribution >= 4 is 6.09 Å². The zero-order valence-corrected chi connectivity index (χ0v) is 16.8. The molecule has 0 radical (unpaired) electrons. The van der Waals surface area contributed by atoms with Gasteiger partial charge in [0, 0.05) is 12.1 Å². The van der Waals surface area contributed by atoms with Crippen molar-refractivity contribution in [3.63, 3.8) is 0 Å². The van der Waals surface area contributed by atoms with Crippen LogP contribution in [0.4, 0.5) is 4.79 Å². The molecule has 0 fully saturated rings. The van der Waals surface area contributed by atoms with Crippen LogP contribution >= 0.6 is 0 Å². The molecule has 3 aromatic rings. The molecule has 146 valence electrons. The van der Waals surface area contributed by atoms with Crippen LogP contribution in [0.2, 0.25) is 0 Å². The minimum Gasteiger partial charge on any atom is -0.445 e. The highest BCUT2D eigenvalue weighted by atomic mass is 16.6. The second-order valence-corrected chi connectivity index (χ2v) is 6.77. The van der Waals surface area contributed by atoms with E-state index in [9.17, 15) is 4.79 Å². The molecule has 0 saturated heterocycles. The number of benzene rings is 3. The average Bonchev–Trinajstić information content (AvgIpc) is 2.77. The molecule has 3 aromatic carbocycles. The van der Waals surface area contributed by atoms with Crippen molar-refractivity contribution in [3.05, 3.63) is 107 Å². The van der Waals surface area contributed by atoms with Crippen LogP contribution in [-0.4, -0.2) is 17.5 Å². The molecule has 0 heterocycles. The van der Waals surface area contributed by atoms with E-state index in [0.717, 1.165) is 16.7 Å². The summed E-state index contributed by atoms with van der Waals surface area (Å²) in [5.74, 6) is 6.48. The van der Waals surface area contributed by atoms with Crippen LogP contribution in [0.3, 0.4) is 0 Å². The molecule has 0 aromatic heterocycles. The normalized spacial score (nSPS) is 11.1. The predicted octanol–water partition coefficient (Wildman–Crippen LogP) is 5.75. The number of aryl methyl sites for hydroxylation is 1. The molecule has 0 spiro atoms. The summed E-state index contributed by atoms with van der Waals surface area (Å²) in [7, 11) is 0. The van der Waals surface area contributed by atoms with Crippen LogP contribution in [-0.2, 0) is 11.3 Å². The molecule has 0 aliphatic heterocycles. The van der Waals surface area contributed by atoms with Gasteiger partial charge in [-0.15, -0.1) is 0 Å². The summed E-state index contributed by atoms with van der Waals surface area (Å²) < 4.78 is 5.58. The monoisotopic (exact) mass is 383 g/mol. The molecule has 0 aliphatic carbocycles. The standard InChI is InChI=1S/C26H25NO2/c1-3-27(26(28)29-20-23-12-8-5-9-13-23)25(24-17-14-21(2)15-18-24)19-16-22-10-6-4-7-11-22/h4-15,17-18,25H,3,20H2,1-2H3. The Bertz CT molecular complexity index is 970. The van der Waals surface area contributed by atoms with Gasteiger partial charge in [0.05, 0.1) is 0 Å². The van der Waals surface area contributed by atoms with Crippen molar-refractivity contribution in [1.29, 1.82) is 0 Å². The van der Waals surface area contributed by atoms with Crippen molar-refractivity contribution in [1.82, 2.24) is 4.90 Å². The molecule has 1 unspecified atom stereocenters. The number of carbonyl (C=O) groups excluding carboxylic acids is 1. The maximum atomic E-state index is 12.9. The SMILES string of the molecule is CCN(C(=O)OCc1ccccc1)C(C#Cc1ccccc1)c1ccc(C)cc1. The highest BCUT2D eigenvalue weighted by molar-refractivity contribution is 5.69. The van der Waals surface area contributed by atoms with E-state index in [0.29, 0.717) is 6.54 Å². The molecule has 0 N–H and O–H groups in total. The Morgan fingerprint density at radius 1 is 0.931 bits per heavy atom. The summed E-state index contributed by atoms with van der Waals surface area (Å²) in [4.78, 5) is 14.5. The molecule has 29 heavy (non-hydrogen) atoms. The van der Waals surface area contributed by atoms with E-state index < -0.39 is 0 Å². The molecule has 3 rings (SSSR count). The number of amides is 1. The van der Waals surface area contributed by atoms with Gasteiger partial charge >= 0.3 is 6.09 Å². The Balaban J connectivity index is 1.85. The first-order valence-electron chi connectivity index (χ1n) is 9.78. The van der Waals surface area contributed by atoms with E-state index in [1.807, 2.05) is 98.8 Å². The van der Waals surface area contributed by atoms with Gasteiger partial charge in [0.1, 0.15) is 12.6 Å². The van der Waals surface area contributed by atoms with Gasteiger partial charge in [0.15, 0.2) is 0 Å². The smallest absolute Gasteiger partial charge is 0.411 e. The lowest BCUT2D eigenvalue weighted by Crippen LogP contribution is -2.34. The van der Waals surface area contributed by atoms with E-state index in [1.54, 1.807) is 4.90 Å². The summed E-state index contributed by atoms with van der Waals surface area (Å²) in [5, 5.41) is 0. The van der Waals surface area contributed by atoms with Crippen LogP contribution in [0, 0.1) is 18.8 Å². The van der Waals surface area contributed by atoms with Crippen molar-refractivity contribution in [3.8, 4) is 11.8 Å². The van der Waals surface area contributed by atoms with Gasteiger partial charge < -0.3 is 4.74 Å². The summed E-state index contributed by atoms with van der Waals surface area (Å²) in [6, 6.07) is 27.2. The van der Waals surface area contributed by atoms with E-state index in [4.69, 9.17) is 4.74 Å². The van der Waals surface area contributed by atoms with Crippen molar-refractivity contribution in [2.75, 3.05) is 6.54 Å². The van der Waals surface area contributed by atoms with Gasteiger partial charge in [-0.25, -0.2) is 4.79 Å². The Morgan fingerprint density at radius 2 is 1.55 bits per heavy atom. The number of rotatable bonds is 5. The molecule has 3 nitrogen and oxygen atoms in total. The largest absolute Gasteiger partial charge is 0.445 e. The van der Waals surface area contributed by atoms with Crippen LogP contribution in [0.15, 0.2) is 84.9 Å². The van der Waals surface area contributed by atoms with Gasteiger partial charge in [-0.1, -0.05) is 90.2 Å². The van der Waals surface area contributed by atoms with Gasteiger partial charge in [-0.2, -0.15) is 0 Å². The van der Waals surface area contributed by atoms with Gasteiger partial charge in [0.2, 0.25) is 0 Å². The summed E-state index contributed by atoms with van der Waals surface area (Å²) >= 11 is 0. The van der Waals surface area contributed by atoms with E-state index >= 15 is 0 Å². The van der Waals surface area contributed by atoms with Crippen LogP contribution < -0.4 is 0 Å². The van der Waals surface area contributed by atoms with E-state index in [-0.39, 0.29) is 18.7 Å². The second kappa shape index (κ2) is 10.1. The van der Waals surface area contributed by atoms with Gasteiger partial charge in [-0.3, -0.25) is 4.90 Å². The minimum absolute atomic E-state index is 0.239. The fourth-order valence-electron chi connectivity index (χ4n) is 2.98. The third-order valence-electron chi connectivity index (χ3n) is 4.61. The number of hydrogen-bond donors (Lipinski definition) is 0. The fraction of sp³-hybridized carbons (Fsp3) is 0.192. The first-order chi connectivity index (χ1) is 14.2. The third-order valence-corrected chi connectivity index (χ3v) is 4.61. The Morgan fingerprint density at radius 3 is 2.17 bits per heavy atom. The zero-order valence-electron chi connectivity index (χ0n) is 16.8. The second-order valence-electron chi connectivity index (χ2n) is 6.77. The van der Waals surface area contributed by atoms with Crippen LogP contribution in [0.25, 0.3) is 0 Å². The molecule has 1 amide bonds. The summed E-state index contributed by atoms with van der Waals surface area (Å²) in [6.07, 6.45) is -0.371. The van der Waals surface area contributed by atoms with Crippen molar-refractivity contribution in [2.45, 2.75) is 26.5 Å². The lowest BCUT2D eigenvalue weighted by Gasteiger charge is -2.27. The quantitative estimate of drug-likeness (QED) is 0.525. The van der Waals surface area contributed by atoms with Gasteiger partial charge in [-0.05, 0) is 37.1 Å². The lowest BCUT2D eigenvalue weighted by atomic mass is 10.0. The Hall–Kier alpha value is -3.51. The van der Waals surface area contributed by atoms with Crippen LogP contribution in [0.1, 0.15) is 35.2 Å². The maximum Gasteiger partial charge on any atom is 0.411 e. The predicted molar refractivity (Wildman–Crippen MR) is 116 cm³/mol. The highest BCUT2D eigenvalue weighted by Crippen LogP contribution is 2.22. The van der Waals surface area contributed by atoms with E-state index in [1.165, 1.54) is 5.56 Å². The molecular formula is C26H25NO2. The first-order valence-corrected chi connectivity index (χ1v) is 9.78. The summed E-state index contributed by atoms with van der Waals surface area (Å²) in [6.45, 7) is 4.72. The molecule has 0 bridgehead atoms. The number of nitrogens with zero attached hydrogens (tertiary/aromatic N) is 1. The third kappa shape index (κ3) is 5.73. The number of hydrogen-bond acceptors (Lipinski definition) is 2. The lowest BCUT2D eigenvalue weighted by molar-refractivity contribution is 0.0906. The molecule has 0 saturated carbocycles. The molecule has 3 heteroatoms. The number of ether oxygens (including phenoxy) is 1. The van der Waals surface area contributed by atoms with Crippen molar-refractivity contribution in [2.24, 2.45) is 0 Å². The Labute approximate surface area is 172 Å². The minimum atomic E-state index is -0.385. The average molecular weight is 383 g/mol. The molecular weight excluding hydrogens is 358 g/mol. The number of carbonyl (C=O) groups is 1. The summed E-state index contributed by atoms with van der Waals surface area (Å²) in [5.41, 5.74) is 4.01. The highest BCUT2D eigenvalue weighted by Gasteiger charge is 2.23. The first kappa shape index (κ1) is 20.2. The maximum absolute atomic E-state index is 12.9.